The lowest BCUT2D eigenvalue weighted by atomic mass is 9.92. The molecule has 2 aromatic heterocycles. The third kappa shape index (κ3) is 4.87. The van der Waals surface area contributed by atoms with Gasteiger partial charge in [0.2, 0.25) is 11.9 Å². The van der Waals surface area contributed by atoms with Gasteiger partial charge in [-0.1, -0.05) is 0 Å². The second kappa shape index (κ2) is 9.55. The summed E-state index contributed by atoms with van der Waals surface area (Å²) in [6.07, 6.45) is 4.43. The maximum Gasteiger partial charge on any atom is 0.321 e. The summed E-state index contributed by atoms with van der Waals surface area (Å²) >= 11 is 0. The van der Waals surface area contributed by atoms with Crippen LogP contribution in [0.25, 0.3) is 0 Å². The predicted octanol–water partition coefficient (Wildman–Crippen LogP) is 1.91. The third-order valence-corrected chi connectivity index (χ3v) is 5.39. The van der Waals surface area contributed by atoms with Crippen LogP contribution in [0.4, 0.5) is 20.8 Å². The number of hydrogen-bond donors (Lipinski definition) is 3. The van der Waals surface area contributed by atoms with Gasteiger partial charge in [-0.05, 0) is 44.2 Å². The van der Waals surface area contributed by atoms with Gasteiger partial charge in [-0.2, -0.15) is 4.39 Å². The average molecular weight is 417 g/mol. The molecule has 1 aliphatic rings. The fourth-order valence-electron chi connectivity index (χ4n) is 3.65. The van der Waals surface area contributed by atoms with Gasteiger partial charge < -0.3 is 20.1 Å². The third-order valence-electron chi connectivity index (χ3n) is 5.39. The van der Waals surface area contributed by atoms with E-state index in [1.165, 1.54) is 7.05 Å². The van der Waals surface area contributed by atoms with Gasteiger partial charge in [0.15, 0.2) is 0 Å². The molecule has 0 spiro atoms. The molecular formula is C20H28FN7O2. The summed E-state index contributed by atoms with van der Waals surface area (Å²) in [5, 5.41) is 7.86. The lowest BCUT2D eigenvalue weighted by Gasteiger charge is -2.33. The molecule has 3 amide bonds. The van der Waals surface area contributed by atoms with Crippen molar-refractivity contribution in [1.82, 2.24) is 25.2 Å². The lowest BCUT2D eigenvalue weighted by molar-refractivity contribution is 0.0957. The number of imidazole rings is 1. The zero-order chi connectivity index (χ0) is 21.7. The van der Waals surface area contributed by atoms with Crippen LogP contribution >= 0.6 is 0 Å². The summed E-state index contributed by atoms with van der Waals surface area (Å²) in [7, 11) is 3.37. The second-order valence-corrected chi connectivity index (χ2v) is 7.34. The van der Waals surface area contributed by atoms with Gasteiger partial charge in [0, 0.05) is 39.4 Å². The summed E-state index contributed by atoms with van der Waals surface area (Å²) in [6, 6.07) is 2.89. The molecule has 10 heteroatoms. The Morgan fingerprint density at radius 1 is 1.27 bits per heavy atom. The number of nitrogens with zero attached hydrogens (tertiary/aromatic N) is 4. The van der Waals surface area contributed by atoms with Crippen molar-refractivity contribution in [2.45, 2.75) is 26.2 Å². The Hall–Kier alpha value is -3.17. The van der Waals surface area contributed by atoms with E-state index in [0.717, 1.165) is 25.0 Å². The maximum absolute atomic E-state index is 14.4. The monoisotopic (exact) mass is 417 g/mol. The standard InChI is InChI=1S/C20H28FN7O2/c1-4-23-20(30)26-19-24-12-14(27(19)3)11-13-7-9-28(10-8-13)16-6-5-15(18(29)22-2)25-17(16)21/h5-6,12-13H,4,7-11H2,1-3H3,(H,22,29)(H2,23,24,26,30). The largest absolute Gasteiger partial charge is 0.368 e. The molecule has 0 bridgehead atoms. The van der Waals surface area contributed by atoms with Crippen molar-refractivity contribution in [3.05, 3.63) is 35.7 Å². The van der Waals surface area contributed by atoms with Gasteiger partial charge in [-0.3, -0.25) is 10.1 Å². The smallest absolute Gasteiger partial charge is 0.321 e. The molecule has 30 heavy (non-hydrogen) atoms. The van der Waals surface area contributed by atoms with Gasteiger partial charge in [-0.15, -0.1) is 0 Å². The van der Waals surface area contributed by atoms with E-state index in [1.807, 2.05) is 23.4 Å². The molecule has 162 valence electrons. The lowest BCUT2D eigenvalue weighted by Crippen LogP contribution is -2.35. The fourth-order valence-corrected chi connectivity index (χ4v) is 3.65. The Balaban J connectivity index is 1.57. The molecule has 9 nitrogen and oxygen atoms in total. The Kier molecular flexibility index (Phi) is 6.86. The molecule has 0 saturated carbocycles. The van der Waals surface area contributed by atoms with Gasteiger partial charge >= 0.3 is 6.03 Å². The highest BCUT2D eigenvalue weighted by Gasteiger charge is 2.24. The number of halogens is 1. The molecule has 0 radical (unpaired) electrons. The molecule has 0 atom stereocenters. The van der Waals surface area contributed by atoms with Crippen LogP contribution in [0.1, 0.15) is 35.9 Å². The first kappa shape index (κ1) is 21.5. The normalized spacial score (nSPS) is 14.5. The Morgan fingerprint density at radius 2 is 2.00 bits per heavy atom. The number of urea groups is 1. The first-order valence-electron chi connectivity index (χ1n) is 10.1. The molecule has 3 rings (SSSR count). The minimum atomic E-state index is -0.623. The van der Waals surface area contributed by atoms with E-state index in [1.54, 1.807) is 18.3 Å². The van der Waals surface area contributed by atoms with Crippen LogP contribution in [0.15, 0.2) is 18.3 Å². The number of nitrogens with one attached hydrogen (secondary N) is 3. The van der Waals surface area contributed by atoms with Crippen molar-refractivity contribution in [2.24, 2.45) is 13.0 Å². The zero-order valence-corrected chi connectivity index (χ0v) is 17.5. The molecule has 0 aromatic carbocycles. The highest BCUT2D eigenvalue weighted by molar-refractivity contribution is 5.92. The highest BCUT2D eigenvalue weighted by atomic mass is 19.1. The van der Waals surface area contributed by atoms with Crippen LogP contribution in [-0.4, -0.2) is 53.2 Å². The summed E-state index contributed by atoms with van der Waals surface area (Å²) < 4.78 is 16.3. The van der Waals surface area contributed by atoms with Crippen LogP contribution in [0.5, 0.6) is 0 Å². The van der Waals surface area contributed by atoms with E-state index < -0.39 is 11.9 Å². The minimum Gasteiger partial charge on any atom is -0.368 e. The molecule has 0 unspecified atom stereocenters. The summed E-state index contributed by atoms with van der Waals surface area (Å²) in [5.74, 6) is -0.0773. The maximum atomic E-state index is 14.4. The number of aromatic nitrogens is 3. The number of rotatable bonds is 6. The quantitative estimate of drug-likeness (QED) is 0.623. The van der Waals surface area contributed by atoms with Crippen molar-refractivity contribution in [2.75, 3.05) is 36.9 Å². The SMILES string of the molecule is CCNC(=O)Nc1ncc(CC2CCN(c3ccc(C(=O)NC)nc3F)CC2)n1C. The van der Waals surface area contributed by atoms with Crippen LogP contribution in [0, 0.1) is 11.9 Å². The molecule has 1 aliphatic heterocycles. The summed E-state index contributed by atoms with van der Waals surface area (Å²) in [6.45, 7) is 3.83. The highest BCUT2D eigenvalue weighted by Crippen LogP contribution is 2.27. The molecule has 2 aromatic rings. The zero-order valence-electron chi connectivity index (χ0n) is 17.5. The van der Waals surface area contributed by atoms with Crippen molar-refractivity contribution in [1.29, 1.82) is 0 Å². The van der Waals surface area contributed by atoms with Crippen LogP contribution in [-0.2, 0) is 13.5 Å². The molecule has 3 N–H and O–H groups in total. The van der Waals surface area contributed by atoms with E-state index in [0.29, 0.717) is 37.2 Å². The number of hydrogen-bond acceptors (Lipinski definition) is 5. The van der Waals surface area contributed by atoms with E-state index in [2.05, 4.69) is 25.9 Å². The number of carbonyl (C=O) groups is 2. The summed E-state index contributed by atoms with van der Waals surface area (Å²) in [4.78, 5) is 33.4. The second-order valence-electron chi connectivity index (χ2n) is 7.34. The Bertz CT molecular complexity index is 907. The number of amides is 3. The van der Waals surface area contributed by atoms with Crippen molar-refractivity contribution < 1.29 is 14.0 Å². The van der Waals surface area contributed by atoms with Crippen LogP contribution < -0.4 is 20.9 Å². The van der Waals surface area contributed by atoms with E-state index >= 15 is 0 Å². The average Bonchev–Trinajstić information content (AvgIpc) is 3.07. The van der Waals surface area contributed by atoms with Crippen molar-refractivity contribution in [3.63, 3.8) is 0 Å². The molecule has 1 fully saturated rings. The van der Waals surface area contributed by atoms with Crippen molar-refractivity contribution >= 4 is 23.6 Å². The Labute approximate surface area is 175 Å². The minimum absolute atomic E-state index is 0.0712. The number of pyridine rings is 1. The van der Waals surface area contributed by atoms with E-state index in [9.17, 15) is 14.0 Å². The van der Waals surface area contributed by atoms with Crippen LogP contribution in [0.3, 0.4) is 0 Å². The summed E-state index contributed by atoms with van der Waals surface area (Å²) in [5.41, 5.74) is 1.54. The van der Waals surface area contributed by atoms with Gasteiger partial charge in [0.1, 0.15) is 5.69 Å². The molecular weight excluding hydrogens is 389 g/mol. The molecule has 0 aliphatic carbocycles. The van der Waals surface area contributed by atoms with Gasteiger partial charge in [0.05, 0.1) is 11.9 Å². The number of piperidine rings is 1. The van der Waals surface area contributed by atoms with E-state index in [-0.39, 0.29) is 11.7 Å². The fraction of sp³-hybridized carbons (Fsp3) is 0.500. The molecule has 1 saturated heterocycles. The predicted molar refractivity (Wildman–Crippen MR) is 112 cm³/mol. The first-order valence-corrected chi connectivity index (χ1v) is 10.1. The van der Waals surface area contributed by atoms with Crippen LogP contribution in [0.2, 0.25) is 0 Å². The molecule has 3 heterocycles. The number of carbonyl (C=O) groups excluding carboxylic acids is 2. The van der Waals surface area contributed by atoms with Crippen molar-refractivity contribution in [3.8, 4) is 0 Å². The van der Waals surface area contributed by atoms with Gasteiger partial charge in [-0.25, -0.2) is 14.8 Å². The first-order chi connectivity index (χ1) is 14.4. The Morgan fingerprint density at radius 3 is 2.63 bits per heavy atom. The topological polar surface area (TPSA) is 104 Å². The number of anilines is 2. The van der Waals surface area contributed by atoms with Gasteiger partial charge in [0.25, 0.3) is 5.91 Å². The van der Waals surface area contributed by atoms with E-state index in [4.69, 9.17) is 0 Å².